The van der Waals surface area contributed by atoms with Gasteiger partial charge in [-0.2, -0.15) is 4.98 Å². The lowest BCUT2D eigenvalue weighted by molar-refractivity contribution is -0.134. The number of nitrogens with one attached hydrogen (secondary N) is 2. The van der Waals surface area contributed by atoms with Gasteiger partial charge in [0.1, 0.15) is 11.4 Å². The molecule has 1 aliphatic rings. The third kappa shape index (κ3) is 5.04. The van der Waals surface area contributed by atoms with E-state index in [4.69, 9.17) is 11.5 Å². The molecule has 9 nitrogen and oxygen atoms in total. The second kappa shape index (κ2) is 9.08. The smallest absolute Gasteiger partial charge is 0.254 e. The van der Waals surface area contributed by atoms with Crippen molar-refractivity contribution in [2.45, 2.75) is 38.3 Å². The fourth-order valence-electron chi connectivity index (χ4n) is 3.73. The third-order valence-corrected chi connectivity index (χ3v) is 5.34. The molecule has 160 valence electrons. The maximum Gasteiger partial charge on any atom is 0.254 e. The summed E-state index contributed by atoms with van der Waals surface area (Å²) in [5.74, 6) is 0.111. The van der Waals surface area contributed by atoms with Crippen LogP contribution in [0.15, 0.2) is 30.5 Å². The van der Waals surface area contributed by atoms with Crippen LogP contribution in [-0.4, -0.2) is 52.9 Å². The van der Waals surface area contributed by atoms with E-state index in [0.717, 1.165) is 24.1 Å². The molecular formula is C21H29N7O2. The number of hydrogen-bond donors (Lipinski definition) is 4. The lowest BCUT2D eigenvalue weighted by Gasteiger charge is -2.34. The Hall–Kier alpha value is -3.20. The van der Waals surface area contributed by atoms with Gasteiger partial charge in [0.05, 0.1) is 0 Å². The topological polar surface area (TPSA) is 139 Å². The normalized spacial score (nSPS) is 21.0. The summed E-state index contributed by atoms with van der Waals surface area (Å²) in [4.78, 5) is 34.4. The van der Waals surface area contributed by atoms with Crippen molar-refractivity contribution in [3.8, 4) is 0 Å². The first kappa shape index (κ1) is 21.5. The maximum absolute atomic E-state index is 12.2. The number of hydrogen-bond acceptors (Lipinski definition) is 7. The molecule has 3 atom stereocenters. The second-order valence-corrected chi connectivity index (χ2v) is 7.97. The molecule has 3 rings (SSSR count). The van der Waals surface area contributed by atoms with E-state index in [9.17, 15) is 9.59 Å². The fourth-order valence-corrected chi connectivity index (χ4v) is 3.73. The first-order chi connectivity index (χ1) is 14.2. The van der Waals surface area contributed by atoms with E-state index < -0.39 is 5.91 Å². The summed E-state index contributed by atoms with van der Waals surface area (Å²) < 4.78 is 0. The van der Waals surface area contributed by atoms with Crippen molar-refractivity contribution in [1.82, 2.24) is 14.9 Å². The quantitative estimate of drug-likeness (QED) is 0.566. The standard InChI is InChI=1S/C21H29N7O2/c1-12-5-4-6-14(9-12)25-19-15(18(23)29)11-24-21(27-19)26-17-8-7-13(10-16(17)22)20(30)28(2)3/h4-6,9,11,13,16-17H,7-8,10,22H2,1-3H3,(H2,23,29)(H2,24,25,26,27)/t13-,16+,17-/m1/s1. The minimum absolute atomic E-state index is 0.0650. The molecule has 1 aromatic heterocycles. The molecular weight excluding hydrogens is 382 g/mol. The van der Waals surface area contributed by atoms with Crippen LogP contribution < -0.4 is 22.1 Å². The molecule has 9 heteroatoms. The highest BCUT2D eigenvalue weighted by molar-refractivity contribution is 5.98. The summed E-state index contributed by atoms with van der Waals surface area (Å²) in [7, 11) is 3.52. The average molecular weight is 412 g/mol. The number of primary amides is 1. The number of carbonyl (C=O) groups is 2. The molecule has 1 aromatic carbocycles. The van der Waals surface area contributed by atoms with Crippen molar-refractivity contribution >= 4 is 29.3 Å². The van der Waals surface area contributed by atoms with Crippen LogP contribution in [0.5, 0.6) is 0 Å². The Morgan fingerprint density at radius 3 is 2.63 bits per heavy atom. The molecule has 30 heavy (non-hydrogen) atoms. The van der Waals surface area contributed by atoms with Gasteiger partial charge in [0.2, 0.25) is 11.9 Å². The van der Waals surface area contributed by atoms with E-state index in [-0.39, 0.29) is 29.5 Å². The van der Waals surface area contributed by atoms with Crippen molar-refractivity contribution < 1.29 is 9.59 Å². The van der Waals surface area contributed by atoms with Gasteiger partial charge in [0.15, 0.2) is 0 Å². The minimum atomic E-state index is -0.615. The van der Waals surface area contributed by atoms with Crippen LogP contribution in [-0.2, 0) is 4.79 Å². The number of rotatable bonds is 6. The molecule has 1 fully saturated rings. The molecule has 0 saturated heterocycles. The average Bonchev–Trinajstić information content (AvgIpc) is 2.69. The van der Waals surface area contributed by atoms with Crippen LogP contribution in [0.25, 0.3) is 0 Å². The lowest BCUT2D eigenvalue weighted by atomic mass is 9.82. The molecule has 0 radical (unpaired) electrons. The minimum Gasteiger partial charge on any atom is -0.365 e. The van der Waals surface area contributed by atoms with E-state index in [2.05, 4.69) is 20.6 Å². The molecule has 0 bridgehead atoms. The Kier molecular flexibility index (Phi) is 6.51. The summed E-state index contributed by atoms with van der Waals surface area (Å²) in [5, 5.41) is 6.40. The van der Waals surface area contributed by atoms with Crippen LogP contribution in [0, 0.1) is 12.8 Å². The molecule has 1 saturated carbocycles. The highest BCUT2D eigenvalue weighted by atomic mass is 16.2. The van der Waals surface area contributed by atoms with Gasteiger partial charge in [0.25, 0.3) is 5.91 Å². The number of carbonyl (C=O) groups excluding carboxylic acids is 2. The molecule has 1 heterocycles. The van der Waals surface area contributed by atoms with Crippen LogP contribution in [0.1, 0.15) is 35.2 Å². The highest BCUT2D eigenvalue weighted by Gasteiger charge is 2.33. The Morgan fingerprint density at radius 2 is 2.00 bits per heavy atom. The van der Waals surface area contributed by atoms with Gasteiger partial charge in [0, 0.05) is 44.0 Å². The zero-order valence-electron chi connectivity index (χ0n) is 17.6. The zero-order chi connectivity index (χ0) is 21.8. The molecule has 2 amide bonds. The summed E-state index contributed by atoms with van der Waals surface area (Å²) in [6.45, 7) is 1.98. The second-order valence-electron chi connectivity index (χ2n) is 7.97. The molecule has 0 unspecified atom stereocenters. The molecule has 2 aromatic rings. The Labute approximate surface area is 176 Å². The maximum atomic E-state index is 12.2. The van der Waals surface area contributed by atoms with Gasteiger partial charge in [-0.3, -0.25) is 9.59 Å². The number of aryl methyl sites for hydroxylation is 1. The highest BCUT2D eigenvalue weighted by Crippen LogP contribution is 2.27. The third-order valence-electron chi connectivity index (χ3n) is 5.34. The van der Waals surface area contributed by atoms with Gasteiger partial charge in [-0.15, -0.1) is 0 Å². The van der Waals surface area contributed by atoms with Crippen molar-refractivity contribution in [1.29, 1.82) is 0 Å². The van der Waals surface area contributed by atoms with Crippen LogP contribution >= 0.6 is 0 Å². The number of aromatic nitrogens is 2. The fraction of sp³-hybridized carbons (Fsp3) is 0.429. The van der Waals surface area contributed by atoms with Crippen molar-refractivity contribution in [3.05, 3.63) is 41.6 Å². The molecule has 6 N–H and O–H groups in total. The number of amides is 2. The summed E-state index contributed by atoms with van der Waals surface area (Å²) in [5.41, 5.74) is 13.9. The SMILES string of the molecule is Cc1cccc(Nc2nc(N[C@@H]3CC[C@@H](C(=O)N(C)C)C[C@@H]3N)ncc2C(N)=O)c1. The van der Waals surface area contributed by atoms with E-state index in [0.29, 0.717) is 18.2 Å². The van der Waals surface area contributed by atoms with Gasteiger partial charge in [-0.05, 0) is 43.9 Å². The van der Waals surface area contributed by atoms with E-state index >= 15 is 0 Å². The van der Waals surface area contributed by atoms with Gasteiger partial charge < -0.3 is 27.0 Å². The lowest BCUT2D eigenvalue weighted by Crippen LogP contribution is -2.48. The van der Waals surface area contributed by atoms with Crippen LogP contribution in [0.2, 0.25) is 0 Å². The van der Waals surface area contributed by atoms with Crippen LogP contribution in [0.3, 0.4) is 0 Å². The largest absolute Gasteiger partial charge is 0.365 e. The van der Waals surface area contributed by atoms with Gasteiger partial charge in [-0.25, -0.2) is 4.98 Å². The van der Waals surface area contributed by atoms with Gasteiger partial charge in [-0.1, -0.05) is 12.1 Å². The summed E-state index contributed by atoms with van der Waals surface area (Å²) in [6.07, 6.45) is 3.48. The van der Waals surface area contributed by atoms with E-state index in [1.165, 1.54) is 6.20 Å². The Bertz CT molecular complexity index is 931. The number of anilines is 3. The molecule has 1 aliphatic carbocycles. The Balaban J connectivity index is 1.75. The van der Waals surface area contributed by atoms with Crippen molar-refractivity contribution in [2.24, 2.45) is 17.4 Å². The van der Waals surface area contributed by atoms with Crippen molar-refractivity contribution in [3.63, 3.8) is 0 Å². The number of nitrogens with two attached hydrogens (primary N) is 2. The Morgan fingerprint density at radius 1 is 1.23 bits per heavy atom. The predicted octanol–water partition coefficient (Wildman–Crippen LogP) is 1.62. The zero-order valence-corrected chi connectivity index (χ0v) is 17.6. The van der Waals surface area contributed by atoms with Crippen LogP contribution in [0.4, 0.5) is 17.5 Å². The van der Waals surface area contributed by atoms with E-state index in [1.807, 2.05) is 31.2 Å². The number of benzene rings is 1. The predicted molar refractivity (Wildman–Crippen MR) is 116 cm³/mol. The first-order valence-corrected chi connectivity index (χ1v) is 9.98. The number of nitrogens with zero attached hydrogens (tertiary/aromatic N) is 3. The van der Waals surface area contributed by atoms with Gasteiger partial charge >= 0.3 is 0 Å². The summed E-state index contributed by atoms with van der Waals surface area (Å²) >= 11 is 0. The molecule has 0 spiro atoms. The summed E-state index contributed by atoms with van der Waals surface area (Å²) in [6, 6.07) is 7.44. The van der Waals surface area contributed by atoms with Crippen molar-refractivity contribution in [2.75, 3.05) is 24.7 Å². The first-order valence-electron chi connectivity index (χ1n) is 9.98. The monoisotopic (exact) mass is 411 g/mol. The van der Waals surface area contributed by atoms with E-state index in [1.54, 1.807) is 19.0 Å². The molecule has 0 aliphatic heterocycles.